The van der Waals surface area contributed by atoms with Gasteiger partial charge in [0.2, 0.25) is 11.9 Å². The number of hydrogen-bond donors (Lipinski definition) is 1. The predicted octanol–water partition coefficient (Wildman–Crippen LogP) is 3.54. The summed E-state index contributed by atoms with van der Waals surface area (Å²) in [6.07, 6.45) is 1.63. The normalized spacial score (nSPS) is 11.1. The van der Waals surface area contributed by atoms with Gasteiger partial charge in [0.05, 0.1) is 17.4 Å². The Kier molecular flexibility index (Phi) is 5.63. The average molecular weight is 377 g/mol. The van der Waals surface area contributed by atoms with Crippen molar-refractivity contribution in [2.75, 3.05) is 5.32 Å². The van der Waals surface area contributed by atoms with E-state index >= 15 is 0 Å². The number of nitrogens with one attached hydrogen (secondary N) is 1. The lowest BCUT2D eigenvalue weighted by atomic mass is 10.0. The number of hydrogen-bond acceptors (Lipinski definition) is 5. The fourth-order valence-electron chi connectivity index (χ4n) is 2.64. The SMILES string of the molecule is CC(C)C(=O)Nc1ncc(-c2ccc(=O)n(C(C)C)n2)c(-c2ccccc2)n1. The molecule has 0 bridgehead atoms. The van der Waals surface area contributed by atoms with Crippen LogP contribution in [0, 0.1) is 5.92 Å². The van der Waals surface area contributed by atoms with Gasteiger partial charge in [0.15, 0.2) is 0 Å². The first-order chi connectivity index (χ1) is 13.4. The molecule has 7 heteroatoms. The highest BCUT2D eigenvalue weighted by molar-refractivity contribution is 5.91. The van der Waals surface area contributed by atoms with Crippen molar-refractivity contribution >= 4 is 11.9 Å². The van der Waals surface area contributed by atoms with Crippen LogP contribution in [-0.2, 0) is 4.79 Å². The molecule has 1 N–H and O–H groups in total. The molecule has 0 spiro atoms. The molecule has 0 radical (unpaired) electrons. The molecule has 144 valence electrons. The van der Waals surface area contributed by atoms with Gasteiger partial charge >= 0.3 is 0 Å². The quantitative estimate of drug-likeness (QED) is 0.734. The van der Waals surface area contributed by atoms with E-state index in [1.54, 1.807) is 26.1 Å². The maximum Gasteiger partial charge on any atom is 0.267 e. The van der Waals surface area contributed by atoms with Crippen LogP contribution in [0.1, 0.15) is 33.7 Å². The minimum atomic E-state index is -0.181. The Labute approximate surface area is 163 Å². The zero-order valence-corrected chi connectivity index (χ0v) is 16.4. The molecule has 1 aromatic carbocycles. The van der Waals surface area contributed by atoms with E-state index in [0.29, 0.717) is 17.0 Å². The number of nitrogens with zero attached hydrogens (tertiary/aromatic N) is 4. The minimum absolute atomic E-state index is 0.0712. The van der Waals surface area contributed by atoms with E-state index in [1.807, 2.05) is 44.2 Å². The fraction of sp³-hybridized carbons (Fsp3) is 0.286. The predicted molar refractivity (Wildman–Crippen MR) is 109 cm³/mol. The smallest absolute Gasteiger partial charge is 0.267 e. The van der Waals surface area contributed by atoms with Gasteiger partial charge in [0.25, 0.3) is 5.56 Å². The summed E-state index contributed by atoms with van der Waals surface area (Å²) in [5.74, 6) is -0.101. The van der Waals surface area contributed by atoms with E-state index in [1.165, 1.54) is 10.7 Å². The molecule has 0 saturated heterocycles. The van der Waals surface area contributed by atoms with Gasteiger partial charge in [0, 0.05) is 29.3 Å². The molecule has 3 rings (SSSR count). The number of carbonyl (C=O) groups is 1. The molecule has 0 saturated carbocycles. The Morgan fingerprint density at radius 1 is 1.04 bits per heavy atom. The highest BCUT2D eigenvalue weighted by Crippen LogP contribution is 2.29. The van der Waals surface area contributed by atoms with Gasteiger partial charge in [-0.2, -0.15) is 5.10 Å². The van der Waals surface area contributed by atoms with E-state index < -0.39 is 0 Å². The lowest BCUT2D eigenvalue weighted by molar-refractivity contribution is -0.118. The Bertz CT molecular complexity index is 1040. The van der Waals surface area contributed by atoms with Crippen molar-refractivity contribution in [2.45, 2.75) is 33.7 Å². The zero-order chi connectivity index (χ0) is 20.3. The lowest BCUT2D eigenvalue weighted by Gasteiger charge is -2.14. The molecular weight excluding hydrogens is 354 g/mol. The monoisotopic (exact) mass is 377 g/mol. The second-order valence-electron chi connectivity index (χ2n) is 7.06. The number of benzene rings is 1. The van der Waals surface area contributed by atoms with Crippen molar-refractivity contribution < 1.29 is 4.79 Å². The van der Waals surface area contributed by atoms with Crippen molar-refractivity contribution in [3.05, 3.63) is 59.0 Å². The molecule has 0 aliphatic heterocycles. The van der Waals surface area contributed by atoms with E-state index in [-0.39, 0.29) is 29.4 Å². The summed E-state index contributed by atoms with van der Waals surface area (Å²) in [6, 6.07) is 12.7. The molecule has 0 aliphatic carbocycles. The highest BCUT2D eigenvalue weighted by atomic mass is 16.2. The van der Waals surface area contributed by atoms with Gasteiger partial charge in [0.1, 0.15) is 0 Å². The van der Waals surface area contributed by atoms with Crippen molar-refractivity contribution in [1.29, 1.82) is 0 Å². The zero-order valence-electron chi connectivity index (χ0n) is 16.4. The molecule has 3 aromatic rings. The average Bonchev–Trinajstić information content (AvgIpc) is 2.69. The summed E-state index contributed by atoms with van der Waals surface area (Å²) in [7, 11) is 0. The lowest BCUT2D eigenvalue weighted by Crippen LogP contribution is -2.24. The second kappa shape index (κ2) is 8.12. The van der Waals surface area contributed by atoms with Crippen LogP contribution < -0.4 is 10.9 Å². The first-order valence-corrected chi connectivity index (χ1v) is 9.20. The summed E-state index contributed by atoms with van der Waals surface area (Å²) in [6.45, 7) is 7.41. The Hall–Kier alpha value is -3.35. The van der Waals surface area contributed by atoms with Crippen LogP contribution in [-0.4, -0.2) is 25.7 Å². The van der Waals surface area contributed by atoms with Crippen LogP contribution in [0.4, 0.5) is 5.95 Å². The molecule has 1 amide bonds. The van der Waals surface area contributed by atoms with Crippen LogP contribution in [0.2, 0.25) is 0 Å². The van der Waals surface area contributed by atoms with Crippen molar-refractivity contribution in [3.8, 4) is 22.5 Å². The van der Waals surface area contributed by atoms with Crippen LogP contribution in [0.25, 0.3) is 22.5 Å². The number of aromatic nitrogens is 4. The molecule has 0 unspecified atom stereocenters. The number of anilines is 1. The maximum absolute atomic E-state index is 12.1. The van der Waals surface area contributed by atoms with Gasteiger partial charge in [-0.15, -0.1) is 0 Å². The number of amides is 1. The maximum atomic E-state index is 12.1. The summed E-state index contributed by atoms with van der Waals surface area (Å²) < 4.78 is 1.43. The van der Waals surface area contributed by atoms with E-state index in [4.69, 9.17) is 0 Å². The molecule has 7 nitrogen and oxygen atoms in total. The Balaban J connectivity index is 2.14. The number of carbonyl (C=O) groups excluding carboxylic acids is 1. The Morgan fingerprint density at radius 2 is 1.75 bits per heavy atom. The van der Waals surface area contributed by atoms with Crippen molar-refractivity contribution in [2.24, 2.45) is 5.92 Å². The molecule has 0 fully saturated rings. The van der Waals surface area contributed by atoms with Gasteiger partial charge in [-0.05, 0) is 19.9 Å². The molecule has 28 heavy (non-hydrogen) atoms. The summed E-state index contributed by atoms with van der Waals surface area (Å²) in [5, 5.41) is 7.22. The summed E-state index contributed by atoms with van der Waals surface area (Å²) >= 11 is 0. The van der Waals surface area contributed by atoms with Gasteiger partial charge in [-0.1, -0.05) is 44.2 Å². The minimum Gasteiger partial charge on any atom is -0.294 e. The molecule has 0 aliphatic rings. The molecule has 0 atom stereocenters. The van der Waals surface area contributed by atoms with Crippen LogP contribution in [0.15, 0.2) is 53.5 Å². The second-order valence-corrected chi connectivity index (χ2v) is 7.06. The van der Waals surface area contributed by atoms with Crippen LogP contribution >= 0.6 is 0 Å². The van der Waals surface area contributed by atoms with Crippen molar-refractivity contribution in [3.63, 3.8) is 0 Å². The number of rotatable bonds is 5. The standard InChI is InChI=1S/C21H23N5O2/c1-13(2)20(28)24-21-22-12-16(19(23-21)15-8-6-5-7-9-15)17-10-11-18(27)26(25-17)14(3)4/h5-14H,1-4H3,(H,22,23,24,28). The first kappa shape index (κ1) is 19.4. The molecular formula is C21H23N5O2. The summed E-state index contributed by atoms with van der Waals surface area (Å²) in [4.78, 5) is 32.9. The van der Waals surface area contributed by atoms with E-state index in [2.05, 4.69) is 20.4 Å². The van der Waals surface area contributed by atoms with E-state index in [0.717, 1.165) is 5.56 Å². The van der Waals surface area contributed by atoms with Gasteiger partial charge in [-0.25, -0.2) is 14.6 Å². The molecule has 2 aromatic heterocycles. The van der Waals surface area contributed by atoms with E-state index in [9.17, 15) is 9.59 Å². The van der Waals surface area contributed by atoms with Gasteiger partial charge < -0.3 is 0 Å². The topological polar surface area (TPSA) is 89.8 Å². The Morgan fingerprint density at radius 3 is 2.39 bits per heavy atom. The van der Waals surface area contributed by atoms with Gasteiger partial charge in [-0.3, -0.25) is 14.9 Å². The van der Waals surface area contributed by atoms with Crippen molar-refractivity contribution in [1.82, 2.24) is 19.7 Å². The van der Waals surface area contributed by atoms with Crippen LogP contribution in [0.3, 0.4) is 0 Å². The van der Waals surface area contributed by atoms with Crippen LogP contribution in [0.5, 0.6) is 0 Å². The third-order valence-electron chi connectivity index (χ3n) is 4.19. The highest BCUT2D eigenvalue weighted by Gasteiger charge is 2.16. The summed E-state index contributed by atoms with van der Waals surface area (Å²) in [5.41, 5.74) is 2.61. The third kappa shape index (κ3) is 4.14. The fourth-order valence-corrected chi connectivity index (χ4v) is 2.64. The third-order valence-corrected chi connectivity index (χ3v) is 4.19. The largest absolute Gasteiger partial charge is 0.294 e. The first-order valence-electron chi connectivity index (χ1n) is 9.20. The molecule has 2 heterocycles.